The molecule has 0 spiro atoms. The summed E-state index contributed by atoms with van der Waals surface area (Å²) in [4.78, 5) is 0. The smallest absolute Gasteiger partial charge is 0.161 e. The second-order valence-corrected chi connectivity index (χ2v) is 6.33. The van der Waals surface area contributed by atoms with Crippen LogP contribution in [0.3, 0.4) is 0 Å². The first kappa shape index (κ1) is 13.7. The molecule has 110 valence electrons. The minimum absolute atomic E-state index is 0.483. The van der Waals surface area contributed by atoms with E-state index < -0.39 is 6.10 Å². The number of benzene rings is 1. The zero-order valence-electron chi connectivity index (χ0n) is 12.3. The SMILES string of the molecule is COc1cc([C@@H](C)O)ccc1OCC1CC2CCC1C2. The lowest BCUT2D eigenvalue weighted by Gasteiger charge is -2.22. The van der Waals surface area contributed by atoms with Gasteiger partial charge in [-0.3, -0.25) is 0 Å². The third-order valence-corrected chi connectivity index (χ3v) is 5.01. The fourth-order valence-corrected chi connectivity index (χ4v) is 3.84. The maximum Gasteiger partial charge on any atom is 0.161 e. The van der Waals surface area contributed by atoms with Crippen molar-refractivity contribution in [3.05, 3.63) is 23.8 Å². The molecule has 4 atom stereocenters. The molecule has 0 radical (unpaired) electrons. The summed E-state index contributed by atoms with van der Waals surface area (Å²) in [6.45, 7) is 2.55. The first-order chi connectivity index (χ1) is 9.67. The fourth-order valence-electron chi connectivity index (χ4n) is 3.84. The summed E-state index contributed by atoms with van der Waals surface area (Å²) in [6, 6.07) is 5.68. The summed E-state index contributed by atoms with van der Waals surface area (Å²) in [5, 5.41) is 9.61. The molecule has 3 heteroatoms. The second-order valence-electron chi connectivity index (χ2n) is 6.33. The minimum Gasteiger partial charge on any atom is -0.493 e. The lowest BCUT2D eigenvalue weighted by molar-refractivity contribution is 0.187. The van der Waals surface area contributed by atoms with Gasteiger partial charge in [0, 0.05) is 0 Å². The third kappa shape index (κ3) is 2.64. The first-order valence-electron chi connectivity index (χ1n) is 7.66. The summed E-state index contributed by atoms with van der Waals surface area (Å²) < 4.78 is 11.4. The Balaban J connectivity index is 1.65. The fraction of sp³-hybridized carbons (Fsp3) is 0.647. The van der Waals surface area contributed by atoms with E-state index in [-0.39, 0.29) is 0 Å². The molecular weight excluding hydrogens is 252 g/mol. The van der Waals surface area contributed by atoms with Crippen molar-refractivity contribution < 1.29 is 14.6 Å². The van der Waals surface area contributed by atoms with Crippen LogP contribution >= 0.6 is 0 Å². The molecule has 0 aliphatic heterocycles. The number of fused-ring (bicyclic) bond motifs is 2. The number of aliphatic hydroxyl groups is 1. The molecule has 1 N–H and O–H groups in total. The summed E-state index contributed by atoms with van der Waals surface area (Å²) in [6.07, 6.45) is 5.07. The van der Waals surface area contributed by atoms with E-state index in [4.69, 9.17) is 9.47 Å². The Kier molecular flexibility index (Phi) is 3.88. The first-order valence-corrected chi connectivity index (χ1v) is 7.66. The highest BCUT2D eigenvalue weighted by atomic mass is 16.5. The van der Waals surface area contributed by atoms with Crippen molar-refractivity contribution in [3.63, 3.8) is 0 Å². The van der Waals surface area contributed by atoms with Crippen LogP contribution in [0.25, 0.3) is 0 Å². The van der Waals surface area contributed by atoms with Crippen LogP contribution in [-0.2, 0) is 0 Å². The summed E-state index contributed by atoms with van der Waals surface area (Å²) >= 11 is 0. The van der Waals surface area contributed by atoms with Gasteiger partial charge in [0.25, 0.3) is 0 Å². The Labute approximate surface area is 120 Å². The Morgan fingerprint density at radius 3 is 2.70 bits per heavy atom. The molecule has 3 nitrogen and oxygen atoms in total. The van der Waals surface area contributed by atoms with Gasteiger partial charge in [0.2, 0.25) is 0 Å². The molecule has 0 heterocycles. The highest BCUT2D eigenvalue weighted by molar-refractivity contribution is 5.43. The molecule has 20 heavy (non-hydrogen) atoms. The molecule has 3 unspecified atom stereocenters. The van der Waals surface area contributed by atoms with Crippen molar-refractivity contribution in [1.29, 1.82) is 0 Å². The van der Waals surface area contributed by atoms with Gasteiger partial charge in [0.1, 0.15) is 0 Å². The van der Waals surface area contributed by atoms with Gasteiger partial charge in [0.15, 0.2) is 11.5 Å². The lowest BCUT2D eigenvalue weighted by Crippen LogP contribution is -2.18. The van der Waals surface area contributed by atoms with E-state index >= 15 is 0 Å². The number of hydrogen-bond donors (Lipinski definition) is 1. The van der Waals surface area contributed by atoms with Gasteiger partial charge in [-0.1, -0.05) is 12.5 Å². The third-order valence-electron chi connectivity index (χ3n) is 5.01. The maximum atomic E-state index is 9.61. The van der Waals surface area contributed by atoms with Crippen LogP contribution in [0.4, 0.5) is 0 Å². The molecule has 0 saturated heterocycles. The average molecular weight is 276 g/mol. The van der Waals surface area contributed by atoms with Crippen LogP contribution in [-0.4, -0.2) is 18.8 Å². The molecule has 2 bridgehead atoms. The van der Waals surface area contributed by atoms with E-state index in [9.17, 15) is 5.11 Å². The maximum absolute atomic E-state index is 9.61. The molecule has 1 aromatic carbocycles. The summed E-state index contributed by atoms with van der Waals surface area (Å²) in [5.41, 5.74) is 0.856. The van der Waals surface area contributed by atoms with Gasteiger partial charge in [0.05, 0.1) is 19.8 Å². The van der Waals surface area contributed by atoms with Crippen molar-refractivity contribution in [1.82, 2.24) is 0 Å². The van der Waals surface area contributed by atoms with Crippen molar-refractivity contribution in [2.45, 2.75) is 38.7 Å². The van der Waals surface area contributed by atoms with Crippen molar-refractivity contribution in [3.8, 4) is 11.5 Å². The Morgan fingerprint density at radius 2 is 2.10 bits per heavy atom. The monoisotopic (exact) mass is 276 g/mol. The second kappa shape index (κ2) is 5.65. The number of hydrogen-bond acceptors (Lipinski definition) is 3. The van der Waals surface area contributed by atoms with Gasteiger partial charge in [-0.15, -0.1) is 0 Å². The van der Waals surface area contributed by atoms with E-state index in [0.717, 1.165) is 35.7 Å². The van der Waals surface area contributed by atoms with Crippen molar-refractivity contribution >= 4 is 0 Å². The molecule has 0 amide bonds. The molecule has 0 aromatic heterocycles. The van der Waals surface area contributed by atoms with Crippen LogP contribution in [0.5, 0.6) is 11.5 Å². The molecule has 3 rings (SSSR count). The molecule has 1 aromatic rings. The van der Waals surface area contributed by atoms with Crippen LogP contribution in [0, 0.1) is 17.8 Å². The number of rotatable bonds is 5. The average Bonchev–Trinajstić information content (AvgIpc) is 3.07. The van der Waals surface area contributed by atoms with Crippen molar-refractivity contribution in [2.75, 3.05) is 13.7 Å². The predicted molar refractivity (Wildman–Crippen MR) is 78.1 cm³/mol. The van der Waals surface area contributed by atoms with E-state index in [2.05, 4.69) is 0 Å². The van der Waals surface area contributed by atoms with Crippen LogP contribution in [0.2, 0.25) is 0 Å². The van der Waals surface area contributed by atoms with Crippen LogP contribution in [0.1, 0.15) is 44.3 Å². The molecule has 2 aliphatic rings. The standard InChI is InChI=1S/C17H24O3/c1-11(18)13-5-6-16(17(9-13)19-2)20-10-15-8-12-3-4-14(15)7-12/h5-6,9,11-12,14-15,18H,3-4,7-8,10H2,1-2H3/t11-,12?,14?,15?/m1/s1. The zero-order valence-corrected chi connectivity index (χ0v) is 12.3. The van der Waals surface area contributed by atoms with Gasteiger partial charge >= 0.3 is 0 Å². The molecule has 2 aliphatic carbocycles. The Hall–Kier alpha value is -1.22. The van der Waals surface area contributed by atoms with E-state index in [1.54, 1.807) is 14.0 Å². The van der Waals surface area contributed by atoms with E-state index in [0.29, 0.717) is 5.75 Å². The van der Waals surface area contributed by atoms with E-state index in [1.807, 2.05) is 18.2 Å². The van der Waals surface area contributed by atoms with Crippen LogP contribution in [0.15, 0.2) is 18.2 Å². The van der Waals surface area contributed by atoms with Gasteiger partial charge in [-0.25, -0.2) is 0 Å². The largest absolute Gasteiger partial charge is 0.493 e. The minimum atomic E-state index is -0.483. The number of ether oxygens (including phenoxy) is 2. The van der Waals surface area contributed by atoms with Gasteiger partial charge < -0.3 is 14.6 Å². The quantitative estimate of drug-likeness (QED) is 0.893. The molecule has 2 fully saturated rings. The van der Waals surface area contributed by atoms with Gasteiger partial charge in [-0.05, 0) is 61.6 Å². The normalized spacial score (nSPS) is 29.4. The predicted octanol–water partition coefficient (Wildman–Crippen LogP) is 3.56. The highest BCUT2D eigenvalue weighted by Crippen LogP contribution is 2.48. The van der Waals surface area contributed by atoms with E-state index in [1.165, 1.54) is 25.7 Å². The van der Waals surface area contributed by atoms with Gasteiger partial charge in [-0.2, -0.15) is 0 Å². The zero-order chi connectivity index (χ0) is 14.1. The van der Waals surface area contributed by atoms with Crippen LogP contribution < -0.4 is 9.47 Å². The molecular formula is C17H24O3. The van der Waals surface area contributed by atoms with Crippen molar-refractivity contribution in [2.24, 2.45) is 17.8 Å². The lowest BCUT2D eigenvalue weighted by atomic mass is 9.89. The Bertz CT molecular complexity index is 469. The topological polar surface area (TPSA) is 38.7 Å². The molecule has 2 saturated carbocycles. The summed E-state index contributed by atoms with van der Waals surface area (Å²) in [7, 11) is 1.64. The number of aliphatic hydroxyl groups excluding tert-OH is 1. The number of methoxy groups -OCH3 is 1. The Morgan fingerprint density at radius 1 is 1.25 bits per heavy atom. The summed E-state index contributed by atoms with van der Waals surface area (Å²) in [5.74, 6) is 4.05. The highest BCUT2D eigenvalue weighted by Gasteiger charge is 2.39.